The number of rotatable bonds is 5. The van der Waals surface area contributed by atoms with E-state index in [1.807, 2.05) is 0 Å². The van der Waals surface area contributed by atoms with Gasteiger partial charge in [0.05, 0.1) is 24.7 Å². The number of hydrogen-bond donors (Lipinski definition) is 2. The van der Waals surface area contributed by atoms with E-state index >= 15 is 0 Å². The molecule has 0 aromatic heterocycles. The van der Waals surface area contributed by atoms with Crippen LogP contribution in [0, 0.1) is 17.0 Å². The Hall–Kier alpha value is -3.20. The quantitative estimate of drug-likeness (QED) is 0.470. The first kappa shape index (κ1) is 19.1. The minimum atomic E-state index is -0.522. The second kappa shape index (κ2) is 8.26. The van der Waals surface area contributed by atoms with E-state index in [9.17, 15) is 14.9 Å². The van der Waals surface area contributed by atoms with Gasteiger partial charge in [-0.3, -0.25) is 20.2 Å². The maximum atomic E-state index is 12.4. The summed E-state index contributed by atoms with van der Waals surface area (Å²) in [6.45, 7) is 1.74. The number of carbonyl (C=O) groups is 1. The molecule has 0 heterocycles. The molecule has 136 valence electrons. The zero-order valence-electron chi connectivity index (χ0n) is 14.4. The van der Waals surface area contributed by atoms with Crippen LogP contribution in [0.25, 0.3) is 0 Å². The minimum absolute atomic E-state index is 0.0696. The first-order valence-corrected chi connectivity index (χ1v) is 7.86. The number of methoxy groups -OCH3 is 2. The van der Waals surface area contributed by atoms with Crippen molar-refractivity contribution in [1.29, 1.82) is 0 Å². The lowest BCUT2D eigenvalue weighted by Crippen LogP contribution is -2.34. The van der Waals surface area contributed by atoms with E-state index in [2.05, 4.69) is 10.6 Å². The van der Waals surface area contributed by atoms with E-state index in [4.69, 9.17) is 21.7 Å². The molecule has 0 aliphatic carbocycles. The molecule has 9 heteroatoms. The predicted molar refractivity (Wildman–Crippen MR) is 101 cm³/mol. The second-order valence-electron chi connectivity index (χ2n) is 5.25. The highest BCUT2D eigenvalue weighted by Gasteiger charge is 2.18. The van der Waals surface area contributed by atoms with Crippen LogP contribution in [0.4, 0.5) is 11.4 Å². The Labute approximate surface area is 155 Å². The summed E-state index contributed by atoms with van der Waals surface area (Å²) in [4.78, 5) is 23.0. The molecular formula is C17H17N3O5S. The maximum Gasteiger partial charge on any atom is 0.292 e. The monoisotopic (exact) mass is 375 g/mol. The number of hydrogen-bond acceptors (Lipinski definition) is 6. The molecule has 0 fully saturated rings. The van der Waals surface area contributed by atoms with Crippen LogP contribution < -0.4 is 20.1 Å². The van der Waals surface area contributed by atoms with Crippen molar-refractivity contribution in [2.24, 2.45) is 0 Å². The smallest absolute Gasteiger partial charge is 0.292 e. The van der Waals surface area contributed by atoms with Gasteiger partial charge in [-0.1, -0.05) is 6.07 Å². The highest BCUT2D eigenvalue weighted by Crippen LogP contribution is 2.26. The average Bonchev–Trinajstić information content (AvgIpc) is 2.62. The first-order valence-electron chi connectivity index (χ1n) is 7.45. The Balaban J connectivity index is 2.16. The predicted octanol–water partition coefficient (Wildman–Crippen LogP) is 3.05. The number of nitrogens with zero attached hydrogens (tertiary/aromatic N) is 1. The zero-order valence-corrected chi connectivity index (χ0v) is 15.2. The highest BCUT2D eigenvalue weighted by molar-refractivity contribution is 7.80. The number of nitro groups is 1. The molecule has 0 aliphatic rings. The van der Waals surface area contributed by atoms with Crippen LogP contribution in [0.3, 0.4) is 0 Å². The molecule has 0 atom stereocenters. The Morgan fingerprint density at radius 1 is 1.15 bits per heavy atom. The highest BCUT2D eigenvalue weighted by atomic mass is 32.1. The molecule has 0 unspecified atom stereocenters. The van der Waals surface area contributed by atoms with Crippen molar-refractivity contribution >= 4 is 34.6 Å². The lowest BCUT2D eigenvalue weighted by atomic mass is 10.1. The zero-order chi connectivity index (χ0) is 19.3. The summed E-state index contributed by atoms with van der Waals surface area (Å²) in [7, 11) is 2.93. The van der Waals surface area contributed by atoms with Crippen molar-refractivity contribution in [2.45, 2.75) is 6.92 Å². The van der Waals surface area contributed by atoms with Crippen LogP contribution in [0.15, 0.2) is 36.4 Å². The topological polar surface area (TPSA) is 103 Å². The van der Waals surface area contributed by atoms with Gasteiger partial charge in [0.2, 0.25) is 0 Å². The van der Waals surface area contributed by atoms with Gasteiger partial charge in [0, 0.05) is 12.1 Å². The molecule has 26 heavy (non-hydrogen) atoms. The molecule has 2 rings (SSSR count). The number of amides is 1. The number of carbonyl (C=O) groups excluding carboxylic acids is 1. The van der Waals surface area contributed by atoms with Gasteiger partial charge in [-0.05, 0) is 42.9 Å². The molecule has 0 spiro atoms. The molecule has 0 radical (unpaired) electrons. The summed E-state index contributed by atoms with van der Waals surface area (Å²) in [6.07, 6.45) is 0. The van der Waals surface area contributed by atoms with Gasteiger partial charge in [-0.15, -0.1) is 0 Å². The first-order chi connectivity index (χ1) is 12.3. The van der Waals surface area contributed by atoms with E-state index in [-0.39, 0.29) is 22.1 Å². The fraction of sp³-hybridized carbons (Fsp3) is 0.176. The average molecular weight is 375 g/mol. The summed E-state index contributed by atoms with van der Waals surface area (Å²) in [5.74, 6) is 0.331. The third-order valence-electron chi connectivity index (χ3n) is 3.48. The third-order valence-corrected chi connectivity index (χ3v) is 3.68. The Kier molecular flexibility index (Phi) is 6.07. The van der Waals surface area contributed by atoms with Gasteiger partial charge in [0.25, 0.3) is 11.6 Å². The van der Waals surface area contributed by atoms with E-state index in [0.29, 0.717) is 11.5 Å². The lowest BCUT2D eigenvalue weighted by molar-refractivity contribution is -0.383. The van der Waals surface area contributed by atoms with Gasteiger partial charge in [-0.2, -0.15) is 0 Å². The van der Waals surface area contributed by atoms with Gasteiger partial charge in [0.15, 0.2) is 5.11 Å². The third kappa shape index (κ3) is 4.45. The number of nitrogens with one attached hydrogen (secondary N) is 2. The number of thiocarbonyl (C=S) groups is 1. The molecule has 0 saturated heterocycles. The van der Waals surface area contributed by atoms with Crippen molar-refractivity contribution in [3.8, 4) is 11.5 Å². The summed E-state index contributed by atoms with van der Waals surface area (Å²) in [5.41, 5.74) is 1.03. The molecule has 0 saturated carbocycles. The summed E-state index contributed by atoms with van der Waals surface area (Å²) in [5, 5.41) is 16.2. The maximum absolute atomic E-state index is 12.4. The van der Waals surface area contributed by atoms with Crippen LogP contribution in [0.2, 0.25) is 0 Å². The fourth-order valence-electron chi connectivity index (χ4n) is 2.21. The Morgan fingerprint density at radius 2 is 1.88 bits per heavy atom. The van der Waals surface area contributed by atoms with Gasteiger partial charge in [-0.25, -0.2) is 0 Å². The van der Waals surface area contributed by atoms with Crippen LogP contribution in [0.1, 0.15) is 15.9 Å². The largest absolute Gasteiger partial charge is 0.497 e. The standard InChI is InChI=1S/C17H17N3O5S/c1-10-4-7-13(14(8-10)20(22)23)18-17(26)19-16(21)12-6-5-11(24-2)9-15(12)25-3/h4-9H,1-3H3,(H2,18,19,21,26). The molecule has 2 aromatic carbocycles. The van der Waals surface area contributed by atoms with Crippen molar-refractivity contribution in [2.75, 3.05) is 19.5 Å². The lowest BCUT2D eigenvalue weighted by Gasteiger charge is -2.13. The van der Waals surface area contributed by atoms with E-state index in [0.717, 1.165) is 5.56 Å². The van der Waals surface area contributed by atoms with Crippen molar-refractivity contribution in [3.05, 3.63) is 57.6 Å². The molecular weight excluding hydrogens is 358 g/mol. The van der Waals surface area contributed by atoms with Crippen molar-refractivity contribution in [3.63, 3.8) is 0 Å². The van der Waals surface area contributed by atoms with Crippen molar-refractivity contribution < 1.29 is 19.2 Å². The number of aryl methyl sites for hydroxylation is 1. The van der Waals surface area contributed by atoms with Gasteiger partial charge < -0.3 is 14.8 Å². The molecule has 2 aromatic rings. The van der Waals surface area contributed by atoms with Crippen molar-refractivity contribution in [1.82, 2.24) is 5.32 Å². The number of ether oxygens (including phenoxy) is 2. The SMILES string of the molecule is COc1ccc(C(=O)NC(=S)Nc2ccc(C)cc2[N+](=O)[O-])c(OC)c1. The molecule has 2 N–H and O–H groups in total. The van der Waals surface area contributed by atoms with Gasteiger partial charge >= 0.3 is 0 Å². The normalized spacial score (nSPS) is 9.96. The second-order valence-corrected chi connectivity index (χ2v) is 5.66. The van der Waals surface area contributed by atoms with Crippen LogP contribution in [0.5, 0.6) is 11.5 Å². The van der Waals surface area contributed by atoms with Gasteiger partial charge in [0.1, 0.15) is 17.2 Å². The van der Waals surface area contributed by atoms with Crippen LogP contribution in [-0.2, 0) is 0 Å². The Bertz CT molecular complexity index is 869. The molecule has 0 aliphatic heterocycles. The summed E-state index contributed by atoms with van der Waals surface area (Å²) in [6, 6.07) is 9.35. The molecule has 0 bridgehead atoms. The summed E-state index contributed by atoms with van der Waals surface area (Å²) >= 11 is 5.09. The van der Waals surface area contributed by atoms with E-state index in [1.165, 1.54) is 32.4 Å². The fourth-order valence-corrected chi connectivity index (χ4v) is 2.41. The molecule has 8 nitrogen and oxygen atoms in total. The molecule has 1 amide bonds. The number of nitro benzene ring substituents is 1. The minimum Gasteiger partial charge on any atom is -0.497 e. The van der Waals surface area contributed by atoms with E-state index < -0.39 is 10.8 Å². The summed E-state index contributed by atoms with van der Waals surface area (Å²) < 4.78 is 10.3. The van der Waals surface area contributed by atoms with Crippen LogP contribution >= 0.6 is 12.2 Å². The van der Waals surface area contributed by atoms with E-state index in [1.54, 1.807) is 25.1 Å². The Morgan fingerprint density at radius 3 is 2.50 bits per heavy atom. The van der Waals surface area contributed by atoms with Crippen LogP contribution in [-0.4, -0.2) is 30.2 Å². The number of anilines is 1. The number of benzene rings is 2.